The molecule has 32 heavy (non-hydrogen) atoms. The maximum absolute atomic E-state index is 13.4. The zero-order valence-corrected chi connectivity index (χ0v) is 16.7. The molecule has 1 heterocycles. The van der Waals surface area contributed by atoms with Crippen LogP contribution in [0.1, 0.15) is 10.4 Å². The largest absolute Gasteiger partial charge is 0.340 e. The van der Waals surface area contributed by atoms with E-state index in [-0.39, 0.29) is 11.5 Å². The molecule has 0 aliphatic carbocycles. The van der Waals surface area contributed by atoms with E-state index in [4.69, 9.17) is 0 Å². The van der Waals surface area contributed by atoms with Crippen LogP contribution in [0.4, 0.5) is 27.3 Å². The number of carbonyl (C=O) groups is 1. The summed E-state index contributed by atoms with van der Waals surface area (Å²) < 4.78 is 13.4. The molecular weight excluding hydrogens is 411 g/mol. The van der Waals surface area contributed by atoms with Gasteiger partial charge in [0.05, 0.1) is 4.92 Å². The predicted octanol–water partition coefficient (Wildman–Crippen LogP) is 5.79. The quantitative estimate of drug-likeness (QED) is 0.299. The minimum absolute atomic E-state index is 0.106. The topological polar surface area (TPSA) is 97.2 Å². The van der Waals surface area contributed by atoms with E-state index in [1.54, 1.807) is 54.7 Å². The Kier molecular flexibility index (Phi) is 5.85. The van der Waals surface area contributed by atoms with Crippen molar-refractivity contribution in [2.75, 3.05) is 10.6 Å². The van der Waals surface area contributed by atoms with E-state index in [1.165, 1.54) is 30.3 Å². The Hall–Kier alpha value is -4.59. The standard InChI is InChI=1S/C24H17FN4O3/c25-19-6-1-4-16(12-19)18-10-11-23(26-15-18)27-20-7-2-5-17(13-20)24(30)28-21-8-3-9-22(14-21)29(31)32/h1-15H,(H,26,27)(H,28,30). The molecule has 0 spiro atoms. The lowest BCUT2D eigenvalue weighted by atomic mass is 10.1. The number of non-ortho nitro benzene ring substituents is 1. The van der Waals surface area contributed by atoms with Gasteiger partial charge >= 0.3 is 0 Å². The van der Waals surface area contributed by atoms with Gasteiger partial charge in [-0.15, -0.1) is 0 Å². The predicted molar refractivity (Wildman–Crippen MR) is 120 cm³/mol. The van der Waals surface area contributed by atoms with Gasteiger partial charge in [0.1, 0.15) is 11.6 Å². The van der Waals surface area contributed by atoms with Gasteiger partial charge in [-0.05, 0) is 54.1 Å². The van der Waals surface area contributed by atoms with Crippen molar-refractivity contribution in [2.45, 2.75) is 0 Å². The monoisotopic (exact) mass is 428 g/mol. The molecule has 0 aliphatic rings. The van der Waals surface area contributed by atoms with E-state index in [0.29, 0.717) is 22.8 Å². The van der Waals surface area contributed by atoms with Gasteiger partial charge in [-0.1, -0.05) is 24.3 Å². The van der Waals surface area contributed by atoms with Crippen molar-refractivity contribution in [3.8, 4) is 11.1 Å². The molecule has 0 fully saturated rings. The molecule has 8 heteroatoms. The highest BCUT2D eigenvalue weighted by Gasteiger charge is 2.11. The Morgan fingerprint density at radius 3 is 2.41 bits per heavy atom. The van der Waals surface area contributed by atoms with Crippen LogP contribution in [0.15, 0.2) is 91.1 Å². The first-order valence-corrected chi connectivity index (χ1v) is 9.63. The summed E-state index contributed by atoms with van der Waals surface area (Å²) in [5.74, 6) is -0.158. The van der Waals surface area contributed by atoms with Crippen LogP contribution in [-0.4, -0.2) is 15.8 Å². The highest BCUT2D eigenvalue weighted by atomic mass is 19.1. The lowest BCUT2D eigenvalue weighted by Gasteiger charge is -2.09. The molecule has 2 N–H and O–H groups in total. The van der Waals surface area contributed by atoms with Crippen LogP contribution in [0.25, 0.3) is 11.1 Å². The number of pyridine rings is 1. The Labute approximate surface area is 182 Å². The van der Waals surface area contributed by atoms with Crippen LogP contribution in [0.3, 0.4) is 0 Å². The number of amides is 1. The van der Waals surface area contributed by atoms with Gasteiger partial charge in [0.2, 0.25) is 0 Å². The first-order chi connectivity index (χ1) is 15.5. The molecule has 4 aromatic rings. The van der Waals surface area contributed by atoms with Crippen LogP contribution < -0.4 is 10.6 Å². The van der Waals surface area contributed by atoms with Crippen LogP contribution >= 0.6 is 0 Å². The number of carbonyl (C=O) groups excluding carboxylic acids is 1. The van der Waals surface area contributed by atoms with Crippen LogP contribution in [0, 0.1) is 15.9 Å². The molecule has 0 saturated carbocycles. The first kappa shape index (κ1) is 20.7. The zero-order valence-electron chi connectivity index (χ0n) is 16.7. The third kappa shape index (κ3) is 4.93. The molecule has 0 aliphatic heterocycles. The molecular formula is C24H17FN4O3. The van der Waals surface area contributed by atoms with Crippen molar-refractivity contribution in [3.63, 3.8) is 0 Å². The normalized spacial score (nSPS) is 10.4. The molecule has 0 radical (unpaired) electrons. The molecule has 4 rings (SSSR count). The van der Waals surface area contributed by atoms with E-state index in [0.717, 1.165) is 11.1 Å². The Balaban J connectivity index is 1.46. The third-order valence-electron chi connectivity index (χ3n) is 4.63. The number of nitrogens with zero attached hydrogens (tertiary/aromatic N) is 2. The van der Waals surface area contributed by atoms with Gasteiger partial charge in [-0.25, -0.2) is 9.37 Å². The summed E-state index contributed by atoms with van der Waals surface area (Å²) in [6.07, 6.45) is 1.63. The average molecular weight is 428 g/mol. The van der Waals surface area contributed by atoms with Gasteiger partial charge in [0.15, 0.2) is 0 Å². The van der Waals surface area contributed by atoms with E-state index < -0.39 is 10.8 Å². The average Bonchev–Trinajstić information content (AvgIpc) is 2.80. The van der Waals surface area contributed by atoms with Gasteiger partial charge in [0.25, 0.3) is 11.6 Å². The highest BCUT2D eigenvalue weighted by Crippen LogP contribution is 2.23. The zero-order chi connectivity index (χ0) is 22.5. The fourth-order valence-corrected chi connectivity index (χ4v) is 3.09. The smallest absolute Gasteiger partial charge is 0.271 e. The van der Waals surface area contributed by atoms with Gasteiger partial charge in [-0.3, -0.25) is 14.9 Å². The number of nitro groups is 1. The third-order valence-corrected chi connectivity index (χ3v) is 4.63. The van der Waals surface area contributed by atoms with Crippen molar-refractivity contribution in [1.82, 2.24) is 4.98 Å². The lowest BCUT2D eigenvalue weighted by molar-refractivity contribution is -0.384. The Bertz CT molecular complexity index is 1290. The summed E-state index contributed by atoms with van der Waals surface area (Å²) in [5, 5.41) is 16.7. The van der Waals surface area contributed by atoms with Crippen molar-refractivity contribution in [3.05, 3.63) is 113 Å². The Morgan fingerprint density at radius 1 is 0.875 bits per heavy atom. The number of nitrogens with one attached hydrogen (secondary N) is 2. The molecule has 0 unspecified atom stereocenters. The number of rotatable bonds is 6. The van der Waals surface area contributed by atoms with E-state index >= 15 is 0 Å². The molecule has 1 aromatic heterocycles. The molecule has 3 aromatic carbocycles. The number of benzene rings is 3. The van der Waals surface area contributed by atoms with Gasteiger partial charge in [0, 0.05) is 40.8 Å². The molecule has 0 saturated heterocycles. The summed E-state index contributed by atoms with van der Waals surface area (Å²) in [7, 11) is 0. The van der Waals surface area contributed by atoms with Crippen molar-refractivity contribution >= 4 is 28.8 Å². The van der Waals surface area contributed by atoms with Crippen molar-refractivity contribution in [2.24, 2.45) is 0 Å². The van der Waals surface area contributed by atoms with Gasteiger partial charge < -0.3 is 10.6 Å². The Morgan fingerprint density at radius 2 is 1.66 bits per heavy atom. The second-order valence-electron chi connectivity index (χ2n) is 6.91. The maximum Gasteiger partial charge on any atom is 0.271 e. The summed E-state index contributed by atoms with van der Waals surface area (Å²) in [6, 6.07) is 22.4. The maximum atomic E-state index is 13.4. The van der Waals surface area contributed by atoms with E-state index in [1.807, 2.05) is 6.07 Å². The van der Waals surface area contributed by atoms with Crippen LogP contribution in [0.2, 0.25) is 0 Å². The molecule has 1 amide bonds. The number of halogens is 1. The van der Waals surface area contributed by atoms with Crippen LogP contribution in [0.5, 0.6) is 0 Å². The minimum Gasteiger partial charge on any atom is -0.340 e. The van der Waals surface area contributed by atoms with Gasteiger partial charge in [-0.2, -0.15) is 0 Å². The van der Waals surface area contributed by atoms with E-state index in [9.17, 15) is 19.3 Å². The highest BCUT2D eigenvalue weighted by molar-refractivity contribution is 6.05. The number of nitro benzene ring substituents is 1. The molecule has 0 bridgehead atoms. The summed E-state index contributed by atoms with van der Waals surface area (Å²) in [5.41, 5.74) is 2.74. The number of hydrogen-bond donors (Lipinski definition) is 2. The fraction of sp³-hybridized carbons (Fsp3) is 0. The minimum atomic E-state index is -0.521. The first-order valence-electron chi connectivity index (χ1n) is 9.63. The second-order valence-corrected chi connectivity index (χ2v) is 6.91. The summed E-state index contributed by atoms with van der Waals surface area (Å²) in [6.45, 7) is 0. The summed E-state index contributed by atoms with van der Waals surface area (Å²) >= 11 is 0. The molecule has 0 atom stereocenters. The number of hydrogen-bond acceptors (Lipinski definition) is 5. The number of aromatic nitrogens is 1. The van der Waals surface area contributed by atoms with E-state index in [2.05, 4.69) is 15.6 Å². The molecule has 7 nitrogen and oxygen atoms in total. The second kappa shape index (κ2) is 9.05. The number of anilines is 3. The fourth-order valence-electron chi connectivity index (χ4n) is 3.09. The SMILES string of the molecule is O=C(Nc1cccc([N+](=O)[O-])c1)c1cccc(Nc2ccc(-c3cccc(F)c3)cn2)c1. The molecule has 158 valence electrons. The lowest BCUT2D eigenvalue weighted by Crippen LogP contribution is -2.12. The van der Waals surface area contributed by atoms with Crippen molar-refractivity contribution in [1.29, 1.82) is 0 Å². The van der Waals surface area contributed by atoms with Crippen LogP contribution in [-0.2, 0) is 0 Å². The summed E-state index contributed by atoms with van der Waals surface area (Å²) in [4.78, 5) is 27.3. The van der Waals surface area contributed by atoms with Crippen molar-refractivity contribution < 1.29 is 14.1 Å².